The molecule has 1 aromatic rings. The normalized spacial score (nSPS) is 35.3. The molecule has 4 heteroatoms. The molecule has 0 aromatic carbocycles. The summed E-state index contributed by atoms with van der Waals surface area (Å²) in [6.45, 7) is 7.54. The molecule has 0 bridgehead atoms. The fourth-order valence-electron chi connectivity index (χ4n) is 2.98. The molecule has 2 N–H and O–H groups in total. The Morgan fingerprint density at radius 3 is 2.89 bits per heavy atom. The molecule has 1 aromatic heterocycles. The third kappa shape index (κ3) is 2.27. The summed E-state index contributed by atoms with van der Waals surface area (Å²) in [5.74, 6) is 0. The van der Waals surface area contributed by atoms with E-state index in [-0.39, 0.29) is 6.42 Å². The largest absolute Gasteiger partial charge is 0.472 e. The average molecular weight is 264 g/mol. The van der Waals surface area contributed by atoms with Gasteiger partial charge in [-0.25, -0.2) is 0 Å². The highest BCUT2D eigenvalue weighted by Crippen LogP contribution is 2.47. The van der Waals surface area contributed by atoms with E-state index in [1.807, 2.05) is 0 Å². The lowest BCUT2D eigenvalue weighted by molar-refractivity contribution is -0.161. The van der Waals surface area contributed by atoms with E-state index in [0.29, 0.717) is 24.0 Å². The van der Waals surface area contributed by atoms with E-state index >= 15 is 0 Å². The first kappa shape index (κ1) is 14.1. The highest BCUT2D eigenvalue weighted by molar-refractivity contribution is 5.30. The van der Waals surface area contributed by atoms with E-state index < -0.39 is 17.3 Å². The molecule has 0 radical (unpaired) electrons. The zero-order chi connectivity index (χ0) is 14.1. The minimum Gasteiger partial charge on any atom is -0.472 e. The Kier molecular flexibility index (Phi) is 3.67. The summed E-state index contributed by atoms with van der Waals surface area (Å²) >= 11 is 0. The number of rotatable bonds is 4. The van der Waals surface area contributed by atoms with Crippen LogP contribution >= 0.6 is 0 Å². The van der Waals surface area contributed by atoms with Crippen molar-refractivity contribution in [3.05, 3.63) is 49.0 Å². The summed E-state index contributed by atoms with van der Waals surface area (Å²) in [6.07, 6.45) is 4.86. The molecule has 19 heavy (non-hydrogen) atoms. The van der Waals surface area contributed by atoms with Gasteiger partial charge < -0.3 is 19.4 Å². The van der Waals surface area contributed by atoms with E-state index in [4.69, 9.17) is 9.15 Å². The predicted octanol–water partition coefficient (Wildman–Crippen LogP) is 2.14. The van der Waals surface area contributed by atoms with Crippen LogP contribution < -0.4 is 0 Å². The molecule has 4 nitrogen and oxygen atoms in total. The quantitative estimate of drug-likeness (QED) is 0.818. The van der Waals surface area contributed by atoms with Crippen molar-refractivity contribution in [3.63, 3.8) is 0 Å². The molecule has 0 unspecified atom stereocenters. The molecule has 2 rings (SSSR count). The Bertz CT molecular complexity index is 464. The summed E-state index contributed by atoms with van der Waals surface area (Å²) < 4.78 is 10.7. The molecule has 0 saturated heterocycles. The maximum atomic E-state index is 10.7. The van der Waals surface area contributed by atoms with E-state index in [9.17, 15) is 10.2 Å². The molecule has 1 aliphatic carbocycles. The fraction of sp³-hybridized carbons (Fsp3) is 0.467. The summed E-state index contributed by atoms with van der Waals surface area (Å²) in [5.41, 5.74) is -0.782. The van der Waals surface area contributed by atoms with Crippen molar-refractivity contribution < 1.29 is 19.4 Å². The smallest absolute Gasteiger partial charge is 0.128 e. The van der Waals surface area contributed by atoms with E-state index in [2.05, 4.69) is 13.2 Å². The summed E-state index contributed by atoms with van der Waals surface area (Å²) in [6, 6.07) is 1.74. The van der Waals surface area contributed by atoms with Crippen LogP contribution in [0.2, 0.25) is 0 Å². The second-order valence-corrected chi connectivity index (χ2v) is 5.24. The van der Waals surface area contributed by atoms with Gasteiger partial charge in [-0.1, -0.05) is 12.7 Å². The van der Waals surface area contributed by atoms with Gasteiger partial charge in [-0.05, 0) is 24.5 Å². The second kappa shape index (κ2) is 4.96. The van der Waals surface area contributed by atoms with Crippen molar-refractivity contribution in [2.45, 2.75) is 36.6 Å². The number of hydrogen-bond donors (Lipinski definition) is 2. The molecule has 3 atom stereocenters. The van der Waals surface area contributed by atoms with E-state index in [1.165, 1.54) is 19.6 Å². The summed E-state index contributed by atoms with van der Waals surface area (Å²) in [5, 5.41) is 21.1. The van der Waals surface area contributed by atoms with Gasteiger partial charge in [0.1, 0.15) is 11.7 Å². The maximum Gasteiger partial charge on any atom is 0.128 e. The van der Waals surface area contributed by atoms with Gasteiger partial charge in [-0.3, -0.25) is 0 Å². The van der Waals surface area contributed by atoms with Gasteiger partial charge in [0.15, 0.2) is 0 Å². The van der Waals surface area contributed by atoms with Crippen LogP contribution in [0, 0.1) is 0 Å². The van der Waals surface area contributed by atoms with Crippen LogP contribution in [0.5, 0.6) is 0 Å². The fourth-order valence-corrected chi connectivity index (χ4v) is 2.98. The lowest BCUT2D eigenvalue weighted by Crippen LogP contribution is -2.53. The topological polar surface area (TPSA) is 62.8 Å². The van der Waals surface area contributed by atoms with Crippen molar-refractivity contribution in [1.82, 2.24) is 0 Å². The molecular formula is C15H20O4. The predicted molar refractivity (Wildman–Crippen MR) is 71.5 cm³/mol. The Morgan fingerprint density at radius 2 is 2.37 bits per heavy atom. The first-order valence-electron chi connectivity index (χ1n) is 6.24. The minimum absolute atomic E-state index is 0.266. The summed E-state index contributed by atoms with van der Waals surface area (Å²) in [4.78, 5) is 0. The van der Waals surface area contributed by atoms with Crippen molar-refractivity contribution in [1.29, 1.82) is 0 Å². The standard InChI is InChI=1S/C15H20O4/c1-4-6-14(17)8-11(2)13(16)15(10-14,18-3)12-5-7-19-9-12/h4-5,7,9,13,16-17H,1-2,6,8,10H2,3H3/t13-,14+,15-/m0/s1. The molecule has 1 saturated carbocycles. The molecule has 1 aliphatic rings. The van der Waals surface area contributed by atoms with Crippen LogP contribution in [-0.2, 0) is 10.3 Å². The SMILES string of the molecule is C=CC[C@@]1(O)CC(=C)[C@H](O)[C@@](OC)(c2ccoc2)C1. The molecule has 0 aliphatic heterocycles. The monoisotopic (exact) mass is 264 g/mol. The lowest BCUT2D eigenvalue weighted by Gasteiger charge is -2.48. The zero-order valence-corrected chi connectivity index (χ0v) is 11.1. The number of ether oxygens (including phenoxy) is 1. The molecular weight excluding hydrogens is 244 g/mol. The van der Waals surface area contributed by atoms with Crippen LogP contribution in [-0.4, -0.2) is 29.0 Å². The Balaban J connectivity index is 2.45. The highest BCUT2D eigenvalue weighted by atomic mass is 16.5. The van der Waals surface area contributed by atoms with Gasteiger partial charge in [0, 0.05) is 19.1 Å². The van der Waals surface area contributed by atoms with Gasteiger partial charge in [-0.2, -0.15) is 0 Å². The lowest BCUT2D eigenvalue weighted by atomic mass is 9.67. The average Bonchev–Trinajstić information content (AvgIpc) is 2.88. The molecule has 1 fully saturated rings. The van der Waals surface area contributed by atoms with E-state index in [0.717, 1.165) is 0 Å². The van der Waals surface area contributed by atoms with Gasteiger partial charge in [0.05, 0.1) is 18.1 Å². The minimum atomic E-state index is -1.03. The van der Waals surface area contributed by atoms with Crippen LogP contribution in [0.15, 0.2) is 47.8 Å². The van der Waals surface area contributed by atoms with Gasteiger partial charge in [0.25, 0.3) is 0 Å². The zero-order valence-electron chi connectivity index (χ0n) is 11.1. The Morgan fingerprint density at radius 1 is 1.63 bits per heavy atom. The van der Waals surface area contributed by atoms with E-state index in [1.54, 1.807) is 12.1 Å². The first-order chi connectivity index (χ1) is 8.97. The first-order valence-corrected chi connectivity index (χ1v) is 6.24. The molecule has 104 valence electrons. The Hall–Kier alpha value is -1.36. The summed E-state index contributed by atoms with van der Waals surface area (Å²) in [7, 11) is 1.52. The van der Waals surface area contributed by atoms with Crippen molar-refractivity contribution in [2.24, 2.45) is 0 Å². The number of furan rings is 1. The van der Waals surface area contributed by atoms with Gasteiger partial charge in [-0.15, -0.1) is 6.58 Å². The number of aliphatic hydroxyl groups is 2. The van der Waals surface area contributed by atoms with Crippen LogP contribution in [0.4, 0.5) is 0 Å². The number of aliphatic hydroxyl groups excluding tert-OH is 1. The van der Waals surface area contributed by atoms with Crippen LogP contribution in [0.25, 0.3) is 0 Å². The highest BCUT2D eigenvalue weighted by Gasteiger charge is 2.52. The third-order valence-electron chi connectivity index (χ3n) is 3.87. The van der Waals surface area contributed by atoms with Crippen LogP contribution in [0.3, 0.4) is 0 Å². The maximum absolute atomic E-state index is 10.7. The Labute approximate surface area is 113 Å². The van der Waals surface area contributed by atoms with Gasteiger partial charge in [0.2, 0.25) is 0 Å². The van der Waals surface area contributed by atoms with Crippen molar-refractivity contribution >= 4 is 0 Å². The molecule has 0 amide bonds. The van der Waals surface area contributed by atoms with Crippen molar-refractivity contribution in [2.75, 3.05) is 7.11 Å². The third-order valence-corrected chi connectivity index (χ3v) is 3.87. The molecule has 1 heterocycles. The van der Waals surface area contributed by atoms with Crippen molar-refractivity contribution in [3.8, 4) is 0 Å². The second-order valence-electron chi connectivity index (χ2n) is 5.24. The number of hydrogen-bond acceptors (Lipinski definition) is 4. The van der Waals surface area contributed by atoms with Gasteiger partial charge >= 0.3 is 0 Å². The molecule has 0 spiro atoms. The van der Waals surface area contributed by atoms with Crippen LogP contribution in [0.1, 0.15) is 24.8 Å². The number of methoxy groups -OCH3 is 1.